The lowest BCUT2D eigenvalue weighted by molar-refractivity contribution is -0.0845. The van der Waals surface area contributed by atoms with Crippen molar-refractivity contribution in [2.45, 2.75) is 31.8 Å². The lowest BCUT2D eigenvalue weighted by Crippen LogP contribution is -2.40. The van der Waals surface area contributed by atoms with Gasteiger partial charge in [0.1, 0.15) is 0 Å². The number of carbonyl (C=O) groups excluding carboxylic acids is 1. The smallest absolute Gasteiger partial charge is 0.159 e. The molecule has 1 aliphatic heterocycles. The lowest BCUT2D eigenvalue weighted by Gasteiger charge is -2.32. The minimum Gasteiger partial charge on any atom is -0.387 e. The number of ketones is 1. The van der Waals surface area contributed by atoms with Gasteiger partial charge in [0, 0.05) is 18.6 Å². The molecular weight excluding hydrogens is 216 g/mol. The molecule has 0 bridgehead atoms. The van der Waals surface area contributed by atoms with Crippen molar-refractivity contribution < 1.29 is 14.6 Å². The summed E-state index contributed by atoms with van der Waals surface area (Å²) < 4.78 is 5.32. The summed E-state index contributed by atoms with van der Waals surface area (Å²) in [5.41, 5.74) is 0.918. The molecule has 1 atom stereocenters. The molecular formula is C14H18O3. The van der Waals surface area contributed by atoms with E-state index >= 15 is 0 Å². The van der Waals surface area contributed by atoms with Crippen LogP contribution in [0.5, 0.6) is 0 Å². The summed E-state index contributed by atoms with van der Waals surface area (Å²) in [6.45, 7) is 2.67. The number of hydrogen-bond donors (Lipinski definition) is 1. The van der Waals surface area contributed by atoms with E-state index in [1.54, 1.807) is 13.0 Å². The zero-order chi connectivity index (χ0) is 12.3. The van der Waals surface area contributed by atoms with Gasteiger partial charge in [-0.2, -0.15) is 0 Å². The van der Waals surface area contributed by atoms with Gasteiger partial charge in [-0.3, -0.25) is 4.79 Å². The van der Waals surface area contributed by atoms with Crippen molar-refractivity contribution in [3.05, 3.63) is 35.4 Å². The van der Waals surface area contributed by atoms with Crippen LogP contribution in [0.15, 0.2) is 24.3 Å². The van der Waals surface area contributed by atoms with E-state index in [0.717, 1.165) is 25.0 Å². The van der Waals surface area contributed by atoms with Crippen LogP contribution in [0.25, 0.3) is 0 Å². The molecule has 0 saturated carbocycles. The molecule has 1 aliphatic rings. The first-order chi connectivity index (χ1) is 8.09. The fourth-order valence-corrected chi connectivity index (χ4v) is 2.26. The van der Waals surface area contributed by atoms with Gasteiger partial charge in [0.15, 0.2) is 5.78 Å². The third-order valence-electron chi connectivity index (χ3n) is 3.17. The summed E-state index contributed by atoms with van der Waals surface area (Å²) in [6.07, 6.45) is 2.20. The zero-order valence-corrected chi connectivity index (χ0v) is 10.1. The second-order valence-electron chi connectivity index (χ2n) is 4.81. The van der Waals surface area contributed by atoms with Gasteiger partial charge in [-0.25, -0.2) is 0 Å². The minimum atomic E-state index is -0.770. The summed E-state index contributed by atoms with van der Waals surface area (Å²) in [6, 6.07) is 7.46. The Hall–Kier alpha value is -1.19. The van der Waals surface area contributed by atoms with Crippen molar-refractivity contribution in [1.29, 1.82) is 0 Å². The molecule has 0 aromatic heterocycles. The van der Waals surface area contributed by atoms with Crippen molar-refractivity contribution in [1.82, 2.24) is 0 Å². The Balaban J connectivity index is 2.12. The van der Waals surface area contributed by atoms with Crippen LogP contribution in [0.1, 0.15) is 35.7 Å². The monoisotopic (exact) mass is 234 g/mol. The maximum Gasteiger partial charge on any atom is 0.159 e. The van der Waals surface area contributed by atoms with Crippen molar-refractivity contribution in [3.8, 4) is 0 Å². The van der Waals surface area contributed by atoms with Crippen molar-refractivity contribution in [2.24, 2.45) is 0 Å². The van der Waals surface area contributed by atoms with E-state index in [4.69, 9.17) is 4.74 Å². The van der Waals surface area contributed by atoms with Crippen molar-refractivity contribution in [2.75, 3.05) is 13.2 Å². The molecule has 92 valence electrons. The third-order valence-corrected chi connectivity index (χ3v) is 3.17. The van der Waals surface area contributed by atoms with Crippen LogP contribution in [0, 0.1) is 0 Å². The van der Waals surface area contributed by atoms with Gasteiger partial charge in [-0.15, -0.1) is 0 Å². The van der Waals surface area contributed by atoms with Gasteiger partial charge in [-0.05, 0) is 31.4 Å². The Morgan fingerprint density at radius 1 is 1.53 bits per heavy atom. The predicted molar refractivity (Wildman–Crippen MR) is 65.2 cm³/mol. The average Bonchev–Trinajstić information content (AvgIpc) is 2.29. The van der Waals surface area contributed by atoms with E-state index in [1.807, 2.05) is 18.2 Å². The third kappa shape index (κ3) is 3.14. The Morgan fingerprint density at radius 3 is 3.00 bits per heavy atom. The molecule has 1 heterocycles. The van der Waals surface area contributed by atoms with Crippen LogP contribution < -0.4 is 0 Å². The summed E-state index contributed by atoms with van der Waals surface area (Å²) in [5, 5.41) is 10.3. The molecule has 3 heteroatoms. The molecule has 1 aromatic rings. The topological polar surface area (TPSA) is 46.5 Å². The Bertz CT molecular complexity index is 406. The number of benzene rings is 1. The number of Topliss-reactive ketones (excluding diaryl/α,β-unsaturated/α-hetero) is 1. The number of aliphatic hydroxyl groups is 1. The standard InChI is InChI=1S/C14H18O3/c1-11(15)13-5-2-4-12(8-13)9-14(16)6-3-7-17-10-14/h2,4-5,8,16H,3,6-7,9-10H2,1H3. The van der Waals surface area contributed by atoms with Crippen LogP contribution in [0.2, 0.25) is 0 Å². The zero-order valence-electron chi connectivity index (χ0n) is 10.1. The van der Waals surface area contributed by atoms with Crippen molar-refractivity contribution >= 4 is 5.78 Å². The molecule has 0 spiro atoms. The van der Waals surface area contributed by atoms with E-state index in [9.17, 15) is 9.90 Å². The second-order valence-corrected chi connectivity index (χ2v) is 4.81. The molecule has 1 aromatic carbocycles. The average molecular weight is 234 g/mol. The van der Waals surface area contributed by atoms with E-state index in [0.29, 0.717) is 18.6 Å². The summed E-state index contributed by atoms with van der Waals surface area (Å²) in [7, 11) is 0. The molecule has 3 nitrogen and oxygen atoms in total. The van der Waals surface area contributed by atoms with Crippen LogP contribution in [-0.4, -0.2) is 29.7 Å². The first kappa shape index (κ1) is 12.3. The quantitative estimate of drug-likeness (QED) is 0.813. The Labute approximate surface area is 101 Å². The highest BCUT2D eigenvalue weighted by Crippen LogP contribution is 2.24. The van der Waals surface area contributed by atoms with Crippen LogP contribution in [0.3, 0.4) is 0 Å². The highest BCUT2D eigenvalue weighted by Gasteiger charge is 2.30. The molecule has 1 N–H and O–H groups in total. The van der Waals surface area contributed by atoms with E-state index in [1.165, 1.54) is 0 Å². The Morgan fingerprint density at radius 2 is 2.35 bits per heavy atom. The summed E-state index contributed by atoms with van der Waals surface area (Å²) in [5.74, 6) is 0.0544. The molecule has 0 aliphatic carbocycles. The first-order valence-electron chi connectivity index (χ1n) is 5.99. The second kappa shape index (κ2) is 4.98. The van der Waals surface area contributed by atoms with Gasteiger partial charge in [-0.1, -0.05) is 18.2 Å². The SMILES string of the molecule is CC(=O)c1cccc(CC2(O)CCCOC2)c1. The lowest BCUT2D eigenvalue weighted by atomic mass is 9.89. The number of carbonyl (C=O) groups is 1. The van der Waals surface area contributed by atoms with Gasteiger partial charge < -0.3 is 9.84 Å². The van der Waals surface area contributed by atoms with E-state index in [-0.39, 0.29) is 5.78 Å². The fourth-order valence-electron chi connectivity index (χ4n) is 2.26. The van der Waals surface area contributed by atoms with E-state index in [2.05, 4.69) is 0 Å². The van der Waals surface area contributed by atoms with Gasteiger partial charge >= 0.3 is 0 Å². The maximum atomic E-state index is 11.3. The highest BCUT2D eigenvalue weighted by atomic mass is 16.5. The van der Waals surface area contributed by atoms with E-state index < -0.39 is 5.60 Å². The minimum absolute atomic E-state index is 0.0544. The molecule has 1 saturated heterocycles. The van der Waals surface area contributed by atoms with Crippen LogP contribution >= 0.6 is 0 Å². The first-order valence-corrected chi connectivity index (χ1v) is 5.99. The number of rotatable bonds is 3. The molecule has 1 unspecified atom stereocenters. The molecule has 2 rings (SSSR count). The predicted octanol–water partition coefficient (Wildman–Crippen LogP) is 1.97. The Kier molecular flexibility index (Phi) is 3.60. The molecule has 0 amide bonds. The molecule has 1 fully saturated rings. The summed E-state index contributed by atoms with van der Waals surface area (Å²) in [4.78, 5) is 11.3. The number of ether oxygens (including phenoxy) is 1. The normalized spacial score (nSPS) is 24.6. The van der Waals surface area contributed by atoms with Gasteiger partial charge in [0.25, 0.3) is 0 Å². The summed E-state index contributed by atoms with van der Waals surface area (Å²) >= 11 is 0. The van der Waals surface area contributed by atoms with Crippen LogP contribution in [-0.2, 0) is 11.2 Å². The number of hydrogen-bond acceptors (Lipinski definition) is 3. The fraction of sp³-hybridized carbons (Fsp3) is 0.500. The van der Waals surface area contributed by atoms with Gasteiger partial charge in [0.2, 0.25) is 0 Å². The largest absolute Gasteiger partial charge is 0.387 e. The van der Waals surface area contributed by atoms with Crippen LogP contribution in [0.4, 0.5) is 0 Å². The maximum absolute atomic E-state index is 11.3. The van der Waals surface area contributed by atoms with Crippen molar-refractivity contribution in [3.63, 3.8) is 0 Å². The highest BCUT2D eigenvalue weighted by molar-refractivity contribution is 5.94. The van der Waals surface area contributed by atoms with Gasteiger partial charge in [0.05, 0.1) is 12.2 Å². The molecule has 17 heavy (non-hydrogen) atoms. The molecule has 0 radical (unpaired) electrons.